The SMILES string of the molecule is CCOC1C2CCCCC2C(=O)N1S(=O)(=O)c1ccc(C)cc1. The van der Waals surface area contributed by atoms with Crippen LogP contribution in [0.2, 0.25) is 0 Å². The fourth-order valence-corrected chi connectivity index (χ4v) is 5.28. The van der Waals surface area contributed by atoms with Crippen molar-refractivity contribution < 1.29 is 17.9 Å². The van der Waals surface area contributed by atoms with E-state index in [4.69, 9.17) is 4.74 Å². The van der Waals surface area contributed by atoms with Crippen LogP contribution in [-0.2, 0) is 19.6 Å². The van der Waals surface area contributed by atoms with Gasteiger partial charge in [0, 0.05) is 18.4 Å². The van der Waals surface area contributed by atoms with Crippen molar-refractivity contribution >= 4 is 15.9 Å². The zero-order valence-corrected chi connectivity index (χ0v) is 14.4. The van der Waals surface area contributed by atoms with E-state index in [-0.39, 0.29) is 22.6 Å². The highest BCUT2D eigenvalue weighted by Gasteiger charge is 2.54. The van der Waals surface area contributed by atoms with Crippen molar-refractivity contribution in [3.05, 3.63) is 29.8 Å². The Morgan fingerprint density at radius 3 is 2.48 bits per heavy atom. The topological polar surface area (TPSA) is 63.7 Å². The molecule has 3 unspecified atom stereocenters. The summed E-state index contributed by atoms with van der Waals surface area (Å²) in [6, 6.07) is 6.61. The number of benzene rings is 1. The van der Waals surface area contributed by atoms with Crippen molar-refractivity contribution in [1.82, 2.24) is 4.31 Å². The molecule has 5 nitrogen and oxygen atoms in total. The quantitative estimate of drug-likeness (QED) is 0.847. The maximum absolute atomic E-state index is 13.0. The predicted octanol–water partition coefficient (Wildman–Crippen LogP) is 2.69. The highest BCUT2D eigenvalue weighted by Crippen LogP contribution is 2.44. The van der Waals surface area contributed by atoms with Crippen LogP contribution in [0.4, 0.5) is 0 Å². The first kappa shape index (κ1) is 16.5. The molecule has 2 aliphatic rings. The molecule has 1 saturated carbocycles. The molecular weight excluding hydrogens is 314 g/mol. The number of fused-ring (bicyclic) bond motifs is 1. The van der Waals surface area contributed by atoms with Crippen LogP contribution in [0.15, 0.2) is 29.2 Å². The predicted molar refractivity (Wildman–Crippen MR) is 86.1 cm³/mol. The molecule has 1 heterocycles. The highest BCUT2D eigenvalue weighted by atomic mass is 32.2. The number of hydrogen-bond donors (Lipinski definition) is 0. The molecule has 2 fully saturated rings. The summed E-state index contributed by atoms with van der Waals surface area (Å²) in [5, 5.41) is 0. The molecule has 0 bridgehead atoms. The van der Waals surface area contributed by atoms with Gasteiger partial charge in [0.2, 0.25) is 5.91 Å². The van der Waals surface area contributed by atoms with Gasteiger partial charge in [0.1, 0.15) is 0 Å². The summed E-state index contributed by atoms with van der Waals surface area (Å²) in [5.41, 5.74) is 0.978. The summed E-state index contributed by atoms with van der Waals surface area (Å²) in [5.74, 6) is -0.536. The third-order valence-corrected chi connectivity index (χ3v) is 6.64. The standard InChI is InChI=1S/C17H23NO4S/c1-3-22-17-15-7-5-4-6-14(15)16(19)18(17)23(20,21)13-10-8-12(2)9-11-13/h8-11,14-15,17H,3-7H2,1-2H3. The molecule has 0 radical (unpaired) electrons. The van der Waals surface area contributed by atoms with Gasteiger partial charge in [0.05, 0.1) is 4.90 Å². The third-order valence-electron chi connectivity index (χ3n) is 4.87. The van der Waals surface area contributed by atoms with Crippen LogP contribution >= 0.6 is 0 Å². The first-order valence-electron chi connectivity index (χ1n) is 8.23. The summed E-state index contributed by atoms with van der Waals surface area (Å²) in [6.45, 7) is 4.12. The molecule has 3 atom stereocenters. The Labute approximate surface area is 137 Å². The average Bonchev–Trinajstić information content (AvgIpc) is 2.82. The number of amides is 1. The maximum atomic E-state index is 13.0. The van der Waals surface area contributed by atoms with Gasteiger partial charge in [-0.25, -0.2) is 12.7 Å². The lowest BCUT2D eigenvalue weighted by atomic mass is 9.81. The molecule has 0 aromatic heterocycles. The van der Waals surface area contributed by atoms with Crippen molar-refractivity contribution in [3.63, 3.8) is 0 Å². The summed E-state index contributed by atoms with van der Waals surface area (Å²) in [6.07, 6.45) is 2.94. The molecule has 23 heavy (non-hydrogen) atoms. The highest BCUT2D eigenvalue weighted by molar-refractivity contribution is 7.89. The van der Waals surface area contributed by atoms with E-state index in [9.17, 15) is 13.2 Å². The number of sulfonamides is 1. The van der Waals surface area contributed by atoms with E-state index in [1.807, 2.05) is 13.8 Å². The number of ether oxygens (including phenoxy) is 1. The van der Waals surface area contributed by atoms with Gasteiger partial charge in [0.25, 0.3) is 10.0 Å². The van der Waals surface area contributed by atoms with E-state index < -0.39 is 16.3 Å². The molecule has 1 amide bonds. The van der Waals surface area contributed by atoms with Crippen LogP contribution in [0.25, 0.3) is 0 Å². The van der Waals surface area contributed by atoms with Crippen LogP contribution in [-0.4, -0.2) is 31.5 Å². The number of nitrogens with zero attached hydrogens (tertiary/aromatic N) is 1. The van der Waals surface area contributed by atoms with Gasteiger partial charge < -0.3 is 4.74 Å². The van der Waals surface area contributed by atoms with Crippen molar-refractivity contribution in [1.29, 1.82) is 0 Å². The van der Waals surface area contributed by atoms with Crippen molar-refractivity contribution in [2.24, 2.45) is 11.8 Å². The molecule has 6 heteroatoms. The Hall–Kier alpha value is -1.40. The van der Waals surface area contributed by atoms with Crippen LogP contribution in [0.1, 0.15) is 38.2 Å². The lowest BCUT2D eigenvalue weighted by molar-refractivity contribution is -0.130. The summed E-state index contributed by atoms with van der Waals surface area (Å²) in [4.78, 5) is 12.9. The van der Waals surface area contributed by atoms with E-state index in [0.717, 1.165) is 35.6 Å². The Kier molecular flexibility index (Phi) is 4.47. The van der Waals surface area contributed by atoms with Crippen molar-refractivity contribution in [2.45, 2.75) is 50.7 Å². The smallest absolute Gasteiger partial charge is 0.268 e. The second-order valence-electron chi connectivity index (χ2n) is 6.35. The van der Waals surface area contributed by atoms with E-state index in [1.54, 1.807) is 24.3 Å². The van der Waals surface area contributed by atoms with Gasteiger partial charge in [-0.05, 0) is 38.8 Å². The van der Waals surface area contributed by atoms with Crippen molar-refractivity contribution in [2.75, 3.05) is 6.61 Å². The number of carbonyl (C=O) groups is 1. The van der Waals surface area contributed by atoms with E-state index in [2.05, 4.69) is 0 Å². The molecule has 1 aliphatic heterocycles. The van der Waals surface area contributed by atoms with Gasteiger partial charge in [-0.2, -0.15) is 0 Å². The molecule has 1 aliphatic carbocycles. The number of hydrogen-bond acceptors (Lipinski definition) is 4. The summed E-state index contributed by atoms with van der Waals surface area (Å²) >= 11 is 0. The summed E-state index contributed by atoms with van der Waals surface area (Å²) < 4.78 is 32.7. The molecule has 0 N–H and O–H groups in total. The van der Waals surface area contributed by atoms with E-state index in [1.165, 1.54) is 0 Å². The van der Waals surface area contributed by atoms with Crippen LogP contribution in [0, 0.1) is 18.8 Å². The Balaban J connectivity index is 2.01. The van der Waals surface area contributed by atoms with Crippen molar-refractivity contribution in [3.8, 4) is 0 Å². The van der Waals surface area contributed by atoms with Gasteiger partial charge in [0.15, 0.2) is 6.23 Å². The molecule has 1 saturated heterocycles. The lowest BCUT2D eigenvalue weighted by Crippen LogP contribution is -2.42. The minimum absolute atomic E-state index is 0.0172. The minimum atomic E-state index is -3.88. The van der Waals surface area contributed by atoms with Crippen LogP contribution in [0.3, 0.4) is 0 Å². The number of aryl methyl sites for hydroxylation is 1. The number of carbonyl (C=O) groups excluding carboxylic acids is 1. The van der Waals surface area contributed by atoms with Crippen LogP contribution < -0.4 is 0 Å². The second kappa shape index (κ2) is 6.24. The first-order valence-corrected chi connectivity index (χ1v) is 9.67. The molecule has 1 aromatic rings. The van der Waals surface area contributed by atoms with Gasteiger partial charge in [-0.1, -0.05) is 30.5 Å². The maximum Gasteiger partial charge on any atom is 0.268 e. The molecule has 0 spiro atoms. The first-order chi connectivity index (χ1) is 11.0. The second-order valence-corrected chi connectivity index (χ2v) is 8.17. The van der Waals surface area contributed by atoms with E-state index in [0.29, 0.717) is 6.61 Å². The fourth-order valence-electron chi connectivity index (χ4n) is 3.71. The Morgan fingerprint density at radius 1 is 1.17 bits per heavy atom. The Bertz CT molecular complexity index is 683. The largest absolute Gasteiger partial charge is 0.357 e. The normalized spacial score (nSPS) is 28.0. The van der Waals surface area contributed by atoms with Gasteiger partial charge in [-0.15, -0.1) is 0 Å². The molecular formula is C17H23NO4S. The Morgan fingerprint density at radius 2 is 1.83 bits per heavy atom. The lowest BCUT2D eigenvalue weighted by Gasteiger charge is -2.29. The zero-order valence-electron chi connectivity index (χ0n) is 13.6. The number of rotatable bonds is 4. The molecule has 3 rings (SSSR count). The third kappa shape index (κ3) is 2.78. The monoisotopic (exact) mass is 337 g/mol. The van der Waals surface area contributed by atoms with Crippen LogP contribution in [0.5, 0.6) is 0 Å². The zero-order chi connectivity index (χ0) is 16.6. The molecule has 126 valence electrons. The van der Waals surface area contributed by atoms with Gasteiger partial charge in [-0.3, -0.25) is 4.79 Å². The summed E-state index contributed by atoms with van der Waals surface area (Å²) in [7, 11) is -3.88. The van der Waals surface area contributed by atoms with Gasteiger partial charge >= 0.3 is 0 Å². The molecule has 1 aromatic carbocycles. The van der Waals surface area contributed by atoms with E-state index >= 15 is 0 Å². The minimum Gasteiger partial charge on any atom is -0.357 e. The fraction of sp³-hybridized carbons (Fsp3) is 0.588. The average molecular weight is 337 g/mol.